The fourth-order valence-electron chi connectivity index (χ4n) is 2.52. The van der Waals surface area contributed by atoms with Crippen LogP contribution >= 0.6 is 11.6 Å². The molecule has 0 bridgehead atoms. The molecule has 1 saturated carbocycles. The average molecular weight is 336 g/mol. The topological polar surface area (TPSA) is 83.5 Å². The van der Waals surface area contributed by atoms with E-state index in [1.165, 1.54) is 0 Å². The van der Waals surface area contributed by atoms with E-state index >= 15 is 0 Å². The molecule has 0 spiro atoms. The van der Waals surface area contributed by atoms with Gasteiger partial charge in [-0.05, 0) is 31.9 Å². The molecule has 116 valence electrons. The highest BCUT2D eigenvalue weighted by atomic mass is 35.5. The molecule has 0 radical (unpaired) electrons. The molecule has 0 amide bonds. The summed E-state index contributed by atoms with van der Waals surface area (Å²) in [5.41, 5.74) is -1.16. The SMILES string of the molecule is CC1(NS(=O)(=O)c2cc(F)c(Cl)c(C(=O)O)c2)CCCC1. The van der Waals surface area contributed by atoms with Crippen molar-refractivity contribution in [2.45, 2.75) is 43.0 Å². The van der Waals surface area contributed by atoms with Crippen molar-refractivity contribution in [1.29, 1.82) is 0 Å². The van der Waals surface area contributed by atoms with E-state index in [2.05, 4.69) is 4.72 Å². The van der Waals surface area contributed by atoms with Gasteiger partial charge < -0.3 is 5.11 Å². The van der Waals surface area contributed by atoms with Crippen molar-refractivity contribution < 1.29 is 22.7 Å². The van der Waals surface area contributed by atoms with Crippen molar-refractivity contribution >= 4 is 27.6 Å². The zero-order valence-electron chi connectivity index (χ0n) is 11.3. The van der Waals surface area contributed by atoms with Crippen LogP contribution in [0.2, 0.25) is 5.02 Å². The Labute approximate surface area is 127 Å². The molecule has 0 atom stereocenters. The van der Waals surface area contributed by atoms with E-state index in [0.29, 0.717) is 12.8 Å². The lowest BCUT2D eigenvalue weighted by Crippen LogP contribution is -2.43. The Morgan fingerprint density at radius 1 is 1.38 bits per heavy atom. The van der Waals surface area contributed by atoms with Crippen molar-refractivity contribution in [3.05, 3.63) is 28.5 Å². The van der Waals surface area contributed by atoms with Crippen LogP contribution in [0.15, 0.2) is 17.0 Å². The van der Waals surface area contributed by atoms with E-state index in [9.17, 15) is 17.6 Å². The van der Waals surface area contributed by atoms with Gasteiger partial charge in [0.15, 0.2) is 0 Å². The number of benzene rings is 1. The first kappa shape index (κ1) is 16.2. The third kappa shape index (κ3) is 3.36. The highest BCUT2D eigenvalue weighted by Gasteiger charge is 2.34. The Hall–Kier alpha value is -1.18. The molecule has 1 aliphatic carbocycles. The summed E-state index contributed by atoms with van der Waals surface area (Å²) in [5, 5.41) is 8.35. The number of hydrogen-bond acceptors (Lipinski definition) is 3. The number of sulfonamides is 1. The Balaban J connectivity index is 2.43. The van der Waals surface area contributed by atoms with Gasteiger partial charge in [-0.2, -0.15) is 0 Å². The standard InChI is InChI=1S/C13H15ClFNO4S/c1-13(4-2-3-5-13)16-21(19,20)8-6-9(12(17)18)11(14)10(15)7-8/h6-7,16H,2-5H2,1H3,(H,17,18). The van der Waals surface area contributed by atoms with Crippen molar-refractivity contribution in [2.75, 3.05) is 0 Å². The Morgan fingerprint density at radius 3 is 2.48 bits per heavy atom. The molecule has 1 fully saturated rings. The maximum atomic E-state index is 13.7. The number of carboxylic acids is 1. The summed E-state index contributed by atoms with van der Waals surface area (Å²) in [7, 11) is -4.01. The van der Waals surface area contributed by atoms with Crippen LogP contribution < -0.4 is 4.72 Å². The van der Waals surface area contributed by atoms with Crippen LogP contribution in [-0.2, 0) is 10.0 Å². The van der Waals surface area contributed by atoms with Crippen LogP contribution in [-0.4, -0.2) is 25.0 Å². The molecule has 0 saturated heterocycles. The number of carboxylic acid groups (broad SMARTS) is 1. The average Bonchev–Trinajstić information content (AvgIpc) is 2.77. The third-order valence-corrected chi connectivity index (χ3v) is 5.63. The van der Waals surface area contributed by atoms with Crippen LogP contribution in [0.3, 0.4) is 0 Å². The van der Waals surface area contributed by atoms with Crippen LogP contribution in [0.4, 0.5) is 4.39 Å². The Kier molecular flexibility index (Phi) is 4.28. The van der Waals surface area contributed by atoms with E-state index in [-0.39, 0.29) is 0 Å². The third-order valence-electron chi connectivity index (χ3n) is 3.63. The van der Waals surface area contributed by atoms with Gasteiger partial charge in [0.05, 0.1) is 15.5 Å². The summed E-state index contributed by atoms with van der Waals surface area (Å²) < 4.78 is 40.8. The van der Waals surface area contributed by atoms with Crippen molar-refractivity contribution in [3.8, 4) is 0 Å². The second-order valence-electron chi connectivity index (χ2n) is 5.45. The van der Waals surface area contributed by atoms with Crippen LogP contribution in [0.25, 0.3) is 0 Å². The summed E-state index contributed by atoms with van der Waals surface area (Å²) in [6.07, 6.45) is 3.20. The molecule has 2 rings (SSSR count). The molecule has 5 nitrogen and oxygen atoms in total. The molecule has 21 heavy (non-hydrogen) atoms. The van der Waals surface area contributed by atoms with Gasteiger partial charge in [-0.15, -0.1) is 0 Å². The molecule has 2 N–H and O–H groups in total. The molecule has 8 heteroatoms. The number of hydrogen-bond donors (Lipinski definition) is 2. The van der Waals surface area contributed by atoms with Gasteiger partial charge in [0.1, 0.15) is 5.82 Å². The maximum absolute atomic E-state index is 13.7. The number of carbonyl (C=O) groups is 1. The molecule has 0 aliphatic heterocycles. The molecule has 1 aliphatic rings. The molecule has 1 aromatic rings. The lowest BCUT2D eigenvalue weighted by Gasteiger charge is -2.25. The summed E-state index contributed by atoms with van der Waals surface area (Å²) in [6, 6.07) is 1.60. The normalized spacial score (nSPS) is 17.9. The predicted octanol–water partition coefficient (Wildman–Crippen LogP) is 2.79. The van der Waals surface area contributed by atoms with Gasteiger partial charge in [-0.1, -0.05) is 24.4 Å². The predicted molar refractivity (Wildman–Crippen MR) is 75.6 cm³/mol. The fourth-order valence-corrected chi connectivity index (χ4v) is 4.21. The van der Waals surface area contributed by atoms with Crippen molar-refractivity contribution in [3.63, 3.8) is 0 Å². The minimum Gasteiger partial charge on any atom is -0.478 e. The molecular formula is C13H15ClFNO4S. The number of rotatable bonds is 4. The fraction of sp³-hybridized carbons (Fsp3) is 0.462. The first-order valence-electron chi connectivity index (χ1n) is 6.41. The highest BCUT2D eigenvalue weighted by Crippen LogP contribution is 2.31. The number of halogens is 2. The molecule has 0 unspecified atom stereocenters. The summed E-state index contributed by atoms with van der Waals surface area (Å²) in [6.45, 7) is 1.78. The van der Waals surface area contributed by atoms with E-state index in [1.54, 1.807) is 6.92 Å². The second-order valence-corrected chi connectivity index (χ2v) is 7.51. The molecule has 0 aromatic heterocycles. The number of nitrogens with one attached hydrogen (secondary N) is 1. The van der Waals surface area contributed by atoms with Gasteiger partial charge in [0.25, 0.3) is 0 Å². The highest BCUT2D eigenvalue weighted by molar-refractivity contribution is 7.89. The van der Waals surface area contributed by atoms with Crippen molar-refractivity contribution in [2.24, 2.45) is 0 Å². The van der Waals surface area contributed by atoms with E-state index in [1.807, 2.05) is 0 Å². The summed E-state index contributed by atoms with van der Waals surface area (Å²) in [4.78, 5) is 10.6. The van der Waals surface area contributed by atoms with Gasteiger partial charge in [-0.3, -0.25) is 0 Å². The van der Waals surface area contributed by atoms with E-state index in [4.69, 9.17) is 16.7 Å². The number of aromatic carboxylic acids is 1. The molecule has 0 heterocycles. The quantitative estimate of drug-likeness (QED) is 0.886. The smallest absolute Gasteiger partial charge is 0.337 e. The largest absolute Gasteiger partial charge is 0.478 e. The molecule has 1 aromatic carbocycles. The van der Waals surface area contributed by atoms with Gasteiger partial charge in [0, 0.05) is 5.54 Å². The van der Waals surface area contributed by atoms with Gasteiger partial charge in [-0.25, -0.2) is 22.3 Å². The zero-order valence-corrected chi connectivity index (χ0v) is 12.9. The minimum absolute atomic E-state index is 0.435. The second kappa shape index (κ2) is 5.55. The Bertz CT molecular complexity index is 684. The summed E-state index contributed by atoms with van der Waals surface area (Å²) >= 11 is 5.54. The first-order valence-corrected chi connectivity index (χ1v) is 8.27. The van der Waals surface area contributed by atoms with Gasteiger partial charge in [0.2, 0.25) is 10.0 Å². The van der Waals surface area contributed by atoms with Crippen LogP contribution in [0.5, 0.6) is 0 Å². The van der Waals surface area contributed by atoms with Crippen LogP contribution in [0, 0.1) is 5.82 Å². The Morgan fingerprint density at radius 2 is 1.95 bits per heavy atom. The summed E-state index contributed by atoms with van der Waals surface area (Å²) in [5.74, 6) is -2.56. The monoisotopic (exact) mass is 335 g/mol. The van der Waals surface area contributed by atoms with E-state index in [0.717, 1.165) is 25.0 Å². The minimum atomic E-state index is -4.01. The van der Waals surface area contributed by atoms with E-state index < -0.39 is 42.8 Å². The molecular weight excluding hydrogens is 321 g/mol. The van der Waals surface area contributed by atoms with Gasteiger partial charge >= 0.3 is 5.97 Å². The van der Waals surface area contributed by atoms with Crippen LogP contribution in [0.1, 0.15) is 43.0 Å². The lowest BCUT2D eigenvalue weighted by molar-refractivity contribution is 0.0696. The lowest BCUT2D eigenvalue weighted by atomic mass is 10.0. The maximum Gasteiger partial charge on any atom is 0.337 e. The van der Waals surface area contributed by atoms with Crippen molar-refractivity contribution in [1.82, 2.24) is 4.72 Å². The first-order chi connectivity index (χ1) is 9.65. The zero-order chi connectivity index (χ0) is 15.8.